The number of nitro benzene ring substituents is 1. The van der Waals surface area contributed by atoms with Gasteiger partial charge in [-0.1, -0.05) is 26.0 Å². The second-order valence-electron chi connectivity index (χ2n) is 6.10. The number of hydrogen-bond donors (Lipinski definition) is 2. The Morgan fingerprint density at radius 3 is 2.11 bits per heavy atom. The molecule has 0 spiro atoms. The van der Waals surface area contributed by atoms with Gasteiger partial charge in [0.15, 0.2) is 5.41 Å². The minimum atomic E-state index is -2.29. The molecular formula is C19H20N2O6. The number of aliphatic carboxylic acids is 2. The van der Waals surface area contributed by atoms with E-state index in [1.54, 1.807) is 0 Å². The zero-order chi connectivity index (χ0) is 20.2. The summed E-state index contributed by atoms with van der Waals surface area (Å²) >= 11 is 0. The Labute approximate surface area is 155 Å². The van der Waals surface area contributed by atoms with E-state index in [-0.39, 0.29) is 17.7 Å². The second-order valence-corrected chi connectivity index (χ2v) is 6.10. The summed E-state index contributed by atoms with van der Waals surface area (Å²) in [4.78, 5) is 38.6. The molecule has 0 aliphatic rings. The molecule has 0 saturated heterocycles. The lowest BCUT2D eigenvalue weighted by Crippen LogP contribution is -2.46. The lowest BCUT2D eigenvalue weighted by Gasteiger charge is -2.26. The van der Waals surface area contributed by atoms with Crippen LogP contribution in [-0.4, -0.2) is 32.1 Å². The first-order valence-electron chi connectivity index (χ1n) is 8.45. The van der Waals surface area contributed by atoms with E-state index in [1.807, 2.05) is 19.9 Å². The van der Waals surface area contributed by atoms with Crippen LogP contribution in [0.25, 0.3) is 0 Å². The third-order valence-electron chi connectivity index (χ3n) is 4.71. The Balaban J connectivity index is 2.64. The van der Waals surface area contributed by atoms with Crippen LogP contribution in [0.1, 0.15) is 36.2 Å². The van der Waals surface area contributed by atoms with E-state index < -0.39 is 22.3 Å². The van der Waals surface area contributed by atoms with Crippen LogP contribution in [0, 0.1) is 10.1 Å². The van der Waals surface area contributed by atoms with E-state index in [1.165, 1.54) is 18.3 Å². The van der Waals surface area contributed by atoms with Gasteiger partial charge in [-0.05, 0) is 35.6 Å². The molecule has 8 nitrogen and oxygen atoms in total. The highest BCUT2D eigenvalue weighted by molar-refractivity contribution is 6.05. The number of benzene rings is 1. The molecule has 0 aliphatic carbocycles. The quantitative estimate of drug-likeness (QED) is 0.414. The van der Waals surface area contributed by atoms with Gasteiger partial charge in [-0.15, -0.1) is 0 Å². The zero-order valence-electron chi connectivity index (χ0n) is 15.0. The van der Waals surface area contributed by atoms with Crippen LogP contribution in [0.3, 0.4) is 0 Å². The number of carboxylic acids is 2. The normalized spacial score (nSPS) is 11.2. The average Bonchev–Trinajstić information content (AvgIpc) is 2.65. The number of hydrogen-bond acceptors (Lipinski definition) is 5. The van der Waals surface area contributed by atoms with E-state index in [0.29, 0.717) is 18.5 Å². The number of nitrogens with zero attached hydrogens (tertiary/aromatic N) is 2. The van der Waals surface area contributed by atoms with Gasteiger partial charge in [-0.25, -0.2) is 0 Å². The number of nitro groups is 1. The topological polar surface area (TPSA) is 131 Å². The predicted octanol–water partition coefficient (Wildman–Crippen LogP) is 2.76. The standard InChI is InChI=1S/C19H20N2O6/c1-3-12-9-10-20-16(15(12)4-2)11-19(17(22)23,18(24)25)13-5-7-14(8-6-13)21(26)27/h5-10H,3-4,11H2,1-2H3,(H,22,23)(H,24,25). The van der Waals surface area contributed by atoms with E-state index in [2.05, 4.69) is 4.98 Å². The molecule has 0 bridgehead atoms. The minimum absolute atomic E-state index is 0.0427. The molecule has 0 radical (unpaired) electrons. The Morgan fingerprint density at radius 1 is 1.07 bits per heavy atom. The molecule has 8 heteroatoms. The molecular weight excluding hydrogens is 352 g/mol. The summed E-state index contributed by atoms with van der Waals surface area (Å²) in [5, 5.41) is 30.5. The molecule has 2 rings (SSSR count). The first-order chi connectivity index (χ1) is 12.8. The van der Waals surface area contributed by atoms with Gasteiger partial charge in [0.1, 0.15) is 0 Å². The molecule has 2 N–H and O–H groups in total. The summed E-state index contributed by atoms with van der Waals surface area (Å²) in [5.41, 5.74) is -0.370. The van der Waals surface area contributed by atoms with Gasteiger partial charge >= 0.3 is 11.9 Å². The SMILES string of the molecule is CCc1ccnc(CC(C(=O)O)(C(=O)O)c2ccc([N+](=O)[O-])cc2)c1CC. The van der Waals surface area contributed by atoms with Crippen molar-refractivity contribution in [1.82, 2.24) is 4.98 Å². The highest BCUT2D eigenvalue weighted by atomic mass is 16.6. The highest BCUT2D eigenvalue weighted by Crippen LogP contribution is 2.32. The maximum atomic E-state index is 12.1. The van der Waals surface area contributed by atoms with Crippen LogP contribution < -0.4 is 0 Å². The lowest BCUT2D eigenvalue weighted by atomic mass is 9.75. The third kappa shape index (κ3) is 3.64. The summed E-state index contributed by atoms with van der Waals surface area (Å²) in [7, 11) is 0. The average molecular weight is 372 g/mol. The fraction of sp³-hybridized carbons (Fsp3) is 0.316. The number of pyridine rings is 1. The van der Waals surface area contributed by atoms with Crippen molar-refractivity contribution in [1.29, 1.82) is 0 Å². The molecule has 0 atom stereocenters. The number of carboxylic acid groups (broad SMARTS) is 2. The molecule has 0 saturated carbocycles. The van der Waals surface area contributed by atoms with Crippen molar-refractivity contribution >= 4 is 17.6 Å². The first kappa shape index (κ1) is 20.0. The van der Waals surface area contributed by atoms with Crippen LogP contribution in [0.2, 0.25) is 0 Å². The number of rotatable bonds is 8. The second kappa shape index (κ2) is 7.94. The zero-order valence-corrected chi connectivity index (χ0v) is 15.0. The Kier molecular flexibility index (Phi) is 5.89. The predicted molar refractivity (Wildman–Crippen MR) is 96.7 cm³/mol. The summed E-state index contributed by atoms with van der Waals surface area (Å²) in [5.74, 6) is -3.09. The summed E-state index contributed by atoms with van der Waals surface area (Å²) < 4.78 is 0. The van der Waals surface area contributed by atoms with Gasteiger partial charge in [0, 0.05) is 30.4 Å². The van der Waals surface area contributed by atoms with E-state index in [4.69, 9.17) is 0 Å². The Bertz CT molecular complexity index is 862. The molecule has 1 aromatic carbocycles. The fourth-order valence-electron chi connectivity index (χ4n) is 3.21. The van der Waals surface area contributed by atoms with Gasteiger partial charge in [-0.3, -0.25) is 24.7 Å². The molecule has 0 unspecified atom stereocenters. The van der Waals surface area contributed by atoms with Crippen molar-refractivity contribution in [3.63, 3.8) is 0 Å². The Hall–Kier alpha value is -3.29. The molecule has 1 aromatic heterocycles. The van der Waals surface area contributed by atoms with Crippen LogP contribution >= 0.6 is 0 Å². The van der Waals surface area contributed by atoms with Crippen LogP contribution in [0.5, 0.6) is 0 Å². The third-order valence-corrected chi connectivity index (χ3v) is 4.71. The highest BCUT2D eigenvalue weighted by Gasteiger charge is 2.49. The number of carbonyl (C=O) groups is 2. The monoisotopic (exact) mass is 372 g/mol. The number of aromatic nitrogens is 1. The number of aryl methyl sites for hydroxylation is 1. The van der Waals surface area contributed by atoms with Crippen LogP contribution in [-0.2, 0) is 34.3 Å². The molecule has 142 valence electrons. The minimum Gasteiger partial charge on any atom is -0.480 e. The molecule has 0 amide bonds. The summed E-state index contributed by atoms with van der Waals surface area (Å²) in [6, 6.07) is 6.39. The fourth-order valence-corrected chi connectivity index (χ4v) is 3.21. The van der Waals surface area contributed by atoms with Crippen molar-refractivity contribution in [3.05, 3.63) is 69.0 Å². The van der Waals surface area contributed by atoms with Crippen molar-refractivity contribution in [3.8, 4) is 0 Å². The maximum Gasteiger partial charge on any atom is 0.326 e. The van der Waals surface area contributed by atoms with Crippen molar-refractivity contribution in [2.45, 2.75) is 38.5 Å². The summed E-state index contributed by atoms with van der Waals surface area (Å²) in [6.45, 7) is 3.85. The van der Waals surface area contributed by atoms with Crippen molar-refractivity contribution < 1.29 is 24.7 Å². The molecule has 27 heavy (non-hydrogen) atoms. The van der Waals surface area contributed by atoms with Gasteiger partial charge < -0.3 is 10.2 Å². The molecule has 2 aromatic rings. The molecule has 1 heterocycles. The smallest absolute Gasteiger partial charge is 0.326 e. The first-order valence-corrected chi connectivity index (χ1v) is 8.45. The van der Waals surface area contributed by atoms with Crippen LogP contribution in [0.4, 0.5) is 5.69 Å². The van der Waals surface area contributed by atoms with E-state index >= 15 is 0 Å². The summed E-state index contributed by atoms with van der Waals surface area (Å²) in [6.07, 6.45) is 2.48. The van der Waals surface area contributed by atoms with Gasteiger partial charge in [0.2, 0.25) is 0 Å². The molecule has 0 fully saturated rings. The lowest BCUT2D eigenvalue weighted by molar-refractivity contribution is -0.384. The van der Waals surface area contributed by atoms with Crippen LogP contribution in [0.15, 0.2) is 36.5 Å². The van der Waals surface area contributed by atoms with Gasteiger partial charge in [0.05, 0.1) is 4.92 Å². The van der Waals surface area contributed by atoms with Crippen molar-refractivity contribution in [2.75, 3.05) is 0 Å². The maximum absolute atomic E-state index is 12.1. The Morgan fingerprint density at radius 2 is 1.67 bits per heavy atom. The number of non-ortho nitro benzene ring substituents is 1. The van der Waals surface area contributed by atoms with E-state index in [0.717, 1.165) is 23.3 Å². The van der Waals surface area contributed by atoms with Gasteiger partial charge in [-0.2, -0.15) is 0 Å². The van der Waals surface area contributed by atoms with Crippen molar-refractivity contribution in [2.24, 2.45) is 0 Å². The largest absolute Gasteiger partial charge is 0.480 e. The molecule has 0 aliphatic heterocycles. The van der Waals surface area contributed by atoms with E-state index in [9.17, 15) is 29.9 Å². The van der Waals surface area contributed by atoms with Gasteiger partial charge in [0.25, 0.3) is 5.69 Å².